The zero-order valence-corrected chi connectivity index (χ0v) is 19.8. The number of imidazole rings is 1. The van der Waals surface area contributed by atoms with Crippen LogP contribution in [-0.2, 0) is 11.3 Å². The van der Waals surface area contributed by atoms with Crippen LogP contribution in [0.4, 0.5) is 5.69 Å². The average Bonchev–Trinajstić information content (AvgIpc) is 3.42. The van der Waals surface area contributed by atoms with Crippen LogP contribution >= 0.6 is 0 Å². The quantitative estimate of drug-likeness (QED) is 0.381. The van der Waals surface area contributed by atoms with E-state index in [-0.39, 0.29) is 11.8 Å². The number of hydrogen-bond acceptors (Lipinski definition) is 4. The number of carbonyl (C=O) groups excluding carboxylic acids is 1. The number of amides is 1. The first-order chi connectivity index (χ1) is 16.5. The smallest absolute Gasteiger partial charge is 0.227 e. The van der Waals surface area contributed by atoms with Gasteiger partial charge in [-0.1, -0.05) is 30.3 Å². The first kappa shape index (κ1) is 22.0. The van der Waals surface area contributed by atoms with Crippen molar-refractivity contribution in [2.24, 2.45) is 0 Å². The maximum absolute atomic E-state index is 13.0. The van der Waals surface area contributed by atoms with Gasteiger partial charge in [0.2, 0.25) is 5.91 Å². The van der Waals surface area contributed by atoms with Crippen LogP contribution in [0, 0.1) is 13.8 Å². The molecule has 1 aliphatic heterocycles. The van der Waals surface area contributed by atoms with E-state index in [4.69, 9.17) is 14.5 Å². The van der Waals surface area contributed by atoms with Crippen LogP contribution in [0.1, 0.15) is 29.3 Å². The molecule has 0 saturated carbocycles. The number of aromatic nitrogens is 2. The molecule has 5 rings (SSSR count). The lowest BCUT2D eigenvalue weighted by molar-refractivity contribution is -0.117. The number of nitrogens with zero attached hydrogens (tertiary/aromatic N) is 3. The summed E-state index contributed by atoms with van der Waals surface area (Å²) in [5.74, 6) is 2.69. The second kappa shape index (κ2) is 9.21. The van der Waals surface area contributed by atoms with Crippen LogP contribution in [0.3, 0.4) is 0 Å². The molecule has 1 atom stereocenters. The predicted molar refractivity (Wildman–Crippen MR) is 134 cm³/mol. The Morgan fingerprint density at radius 1 is 1.03 bits per heavy atom. The lowest BCUT2D eigenvalue weighted by atomic mass is 10.1. The molecule has 0 N–H and O–H groups in total. The fraction of sp³-hybridized carbons (Fsp3) is 0.286. The SMILES string of the molecule is COc1cccc(N2CC(c3nc4ccccc4n3CCOc3cccc(C)c3C)CC2=O)c1. The number of methoxy groups -OCH3 is 1. The molecule has 3 aromatic carbocycles. The largest absolute Gasteiger partial charge is 0.497 e. The van der Waals surface area contributed by atoms with Gasteiger partial charge < -0.3 is 18.9 Å². The zero-order chi connectivity index (χ0) is 23.7. The Morgan fingerprint density at radius 3 is 2.71 bits per heavy atom. The standard InChI is InChI=1S/C28H29N3O3/c1-19-8-6-13-26(20(19)2)34-15-14-30-25-12-5-4-11-24(25)29-28(30)21-16-27(32)31(18-21)22-9-7-10-23(17-22)33-3/h4-13,17,21H,14-16,18H2,1-3H3. The number of anilines is 1. The summed E-state index contributed by atoms with van der Waals surface area (Å²) in [6.07, 6.45) is 0.429. The van der Waals surface area contributed by atoms with Gasteiger partial charge in [0, 0.05) is 30.6 Å². The number of rotatable bonds is 7. The third-order valence-corrected chi connectivity index (χ3v) is 6.67. The molecule has 1 aromatic heterocycles. The number of fused-ring (bicyclic) bond motifs is 1. The second-order valence-electron chi connectivity index (χ2n) is 8.76. The van der Waals surface area contributed by atoms with Gasteiger partial charge in [-0.05, 0) is 55.3 Å². The zero-order valence-electron chi connectivity index (χ0n) is 19.8. The number of benzene rings is 3. The molecule has 1 amide bonds. The van der Waals surface area contributed by atoms with Gasteiger partial charge >= 0.3 is 0 Å². The van der Waals surface area contributed by atoms with Crippen molar-refractivity contribution < 1.29 is 14.3 Å². The van der Waals surface area contributed by atoms with Crippen molar-refractivity contribution >= 4 is 22.6 Å². The van der Waals surface area contributed by atoms with E-state index in [2.05, 4.69) is 30.5 Å². The molecule has 0 radical (unpaired) electrons. The maximum Gasteiger partial charge on any atom is 0.227 e. The Kier molecular flexibility index (Phi) is 5.97. The summed E-state index contributed by atoms with van der Waals surface area (Å²) in [5.41, 5.74) is 5.24. The minimum absolute atomic E-state index is 0.00630. The average molecular weight is 456 g/mol. The first-order valence-electron chi connectivity index (χ1n) is 11.6. The first-order valence-corrected chi connectivity index (χ1v) is 11.6. The molecule has 1 aliphatic rings. The molecule has 0 spiro atoms. The third kappa shape index (κ3) is 4.12. The molecule has 1 fully saturated rings. The monoisotopic (exact) mass is 455 g/mol. The summed E-state index contributed by atoms with van der Waals surface area (Å²) in [5, 5.41) is 0. The van der Waals surface area contributed by atoms with Crippen LogP contribution < -0.4 is 14.4 Å². The highest BCUT2D eigenvalue weighted by Gasteiger charge is 2.35. The van der Waals surface area contributed by atoms with E-state index < -0.39 is 0 Å². The highest BCUT2D eigenvalue weighted by molar-refractivity contribution is 5.96. The van der Waals surface area contributed by atoms with E-state index in [9.17, 15) is 4.79 Å². The van der Waals surface area contributed by atoms with Crippen molar-refractivity contribution in [3.05, 3.63) is 83.7 Å². The fourth-order valence-electron chi connectivity index (χ4n) is 4.68. The summed E-state index contributed by atoms with van der Waals surface area (Å²) in [4.78, 5) is 19.8. The molecule has 1 unspecified atom stereocenters. The van der Waals surface area contributed by atoms with Gasteiger partial charge in [0.25, 0.3) is 0 Å². The molecule has 6 nitrogen and oxygen atoms in total. The summed E-state index contributed by atoms with van der Waals surface area (Å²) in [6.45, 7) is 5.95. The second-order valence-corrected chi connectivity index (χ2v) is 8.76. The number of hydrogen-bond donors (Lipinski definition) is 0. The normalized spacial score (nSPS) is 15.8. The van der Waals surface area contributed by atoms with E-state index in [1.165, 1.54) is 5.56 Å². The third-order valence-electron chi connectivity index (χ3n) is 6.67. The lowest BCUT2D eigenvalue weighted by Gasteiger charge is -2.18. The maximum atomic E-state index is 13.0. The van der Waals surface area contributed by atoms with Crippen LogP contribution in [0.2, 0.25) is 0 Å². The molecule has 174 valence electrons. The van der Waals surface area contributed by atoms with E-state index >= 15 is 0 Å². The molecule has 6 heteroatoms. The summed E-state index contributed by atoms with van der Waals surface area (Å²) < 4.78 is 13.7. The van der Waals surface area contributed by atoms with Gasteiger partial charge in [0.15, 0.2) is 0 Å². The van der Waals surface area contributed by atoms with E-state index in [0.717, 1.165) is 39.6 Å². The van der Waals surface area contributed by atoms with Crippen LogP contribution in [-0.4, -0.2) is 35.7 Å². The molecule has 1 saturated heterocycles. The van der Waals surface area contributed by atoms with E-state index in [1.807, 2.05) is 59.5 Å². The lowest BCUT2D eigenvalue weighted by Crippen LogP contribution is -2.24. The van der Waals surface area contributed by atoms with Gasteiger partial charge in [-0.25, -0.2) is 4.98 Å². The van der Waals surface area contributed by atoms with Crippen molar-refractivity contribution in [1.29, 1.82) is 0 Å². The predicted octanol–water partition coefficient (Wildman–Crippen LogP) is 5.26. The van der Waals surface area contributed by atoms with Crippen LogP contribution in [0.15, 0.2) is 66.7 Å². The molecule has 4 aromatic rings. The van der Waals surface area contributed by atoms with Crippen LogP contribution in [0.25, 0.3) is 11.0 Å². The topological polar surface area (TPSA) is 56.6 Å². The highest BCUT2D eigenvalue weighted by Crippen LogP contribution is 2.34. The van der Waals surface area contributed by atoms with Gasteiger partial charge in [-0.2, -0.15) is 0 Å². The Labute approximate surface area is 199 Å². The molecule has 34 heavy (non-hydrogen) atoms. The van der Waals surface area contributed by atoms with Crippen molar-refractivity contribution in [1.82, 2.24) is 9.55 Å². The van der Waals surface area contributed by atoms with E-state index in [0.29, 0.717) is 26.1 Å². The minimum Gasteiger partial charge on any atom is -0.497 e. The van der Waals surface area contributed by atoms with Gasteiger partial charge in [-0.3, -0.25) is 4.79 Å². The van der Waals surface area contributed by atoms with Crippen molar-refractivity contribution in [2.75, 3.05) is 25.2 Å². The number of aryl methyl sites for hydroxylation is 1. The van der Waals surface area contributed by atoms with Crippen molar-refractivity contribution in [3.8, 4) is 11.5 Å². The molecular weight excluding hydrogens is 426 g/mol. The molecule has 0 bridgehead atoms. The molecule has 0 aliphatic carbocycles. The number of carbonyl (C=O) groups is 1. The van der Waals surface area contributed by atoms with Gasteiger partial charge in [0.1, 0.15) is 23.9 Å². The molecular formula is C28H29N3O3. The van der Waals surface area contributed by atoms with E-state index in [1.54, 1.807) is 7.11 Å². The fourth-order valence-corrected chi connectivity index (χ4v) is 4.68. The summed E-state index contributed by atoms with van der Waals surface area (Å²) in [7, 11) is 1.64. The van der Waals surface area contributed by atoms with Gasteiger partial charge in [-0.15, -0.1) is 0 Å². The Bertz CT molecular complexity index is 1340. The number of ether oxygens (including phenoxy) is 2. The van der Waals surface area contributed by atoms with Crippen LogP contribution in [0.5, 0.6) is 11.5 Å². The van der Waals surface area contributed by atoms with Crippen molar-refractivity contribution in [2.45, 2.75) is 32.7 Å². The molecule has 2 heterocycles. The Morgan fingerprint density at radius 2 is 1.85 bits per heavy atom. The highest BCUT2D eigenvalue weighted by atomic mass is 16.5. The van der Waals surface area contributed by atoms with Gasteiger partial charge in [0.05, 0.1) is 24.7 Å². The number of para-hydroxylation sites is 2. The Hall–Kier alpha value is -3.80. The minimum atomic E-state index is 0.00630. The summed E-state index contributed by atoms with van der Waals surface area (Å²) in [6, 6.07) is 21.9. The van der Waals surface area contributed by atoms with Crippen molar-refractivity contribution in [3.63, 3.8) is 0 Å². The summed E-state index contributed by atoms with van der Waals surface area (Å²) >= 11 is 0. The Balaban J connectivity index is 1.40.